The molecule has 2 heterocycles. The van der Waals surface area contributed by atoms with Gasteiger partial charge in [0.05, 0.1) is 0 Å². The summed E-state index contributed by atoms with van der Waals surface area (Å²) in [6.45, 7) is 1.51. The molecular formula is C13H22N4O2. The van der Waals surface area contributed by atoms with Crippen LogP contribution in [-0.2, 0) is 11.3 Å². The number of rotatable bonds is 5. The van der Waals surface area contributed by atoms with E-state index in [0.717, 1.165) is 31.6 Å². The molecule has 106 valence electrons. The molecule has 0 aromatic carbocycles. The Labute approximate surface area is 113 Å². The van der Waals surface area contributed by atoms with Crippen LogP contribution in [0, 0.1) is 0 Å². The fourth-order valence-corrected chi connectivity index (χ4v) is 2.60. The molecule has 0 saturated carbocycles. The Morgan fingerprint density at radius 2 is 2.32 bits per heavy atom. The van der Waals surface area contributed by atoms with Gasteiger partial charge in [-0.15, -0.1) is 0 Å². The summed E-state index contributed by atoms with van der Waals surface area (Å²) in [5.41, 5.74) is 5.83. The Kier molecular flexibility index (Phi) is 4.93. The van der Waals surface area contributed by atoms with Gasteiger partial charge >= 0.3 is 0 Å². The monoisotopic (exact) mass is 266 g/mol. The standard InChI is InChI=1S/C13H22N4O2/c1-19-9-12-15-11(14)8-13(16-12)17-6-3-2-4-10(17)5-7-18/h8,10,18H,2-7,9H2,1H3,(H2,14,15,16). The van der Waals surface area contributed by atoms with Crippen molar-refractivity contribution in [1.29, 1.82) is 0 Å². The molecule has 1 aliphatic heterocycles. The number of anilines is 2. The summed E-state index contributed by atoms with van der Waals surface area (Å²) < 4.78 is 5.06. The molecule has 1 atom stereocenters. The van der Waals surface area contributed by atoms with Gasteiger partial charge in [-0.2, -0.15) is 0 Å². The number of hydrogen-bond acceptors (Lipinski definition) is 6. The number of aliphatic hydroxyl groups is 1. The van der Waals surface area contributed by atoms with Crippen LogP contribution in [0.15, 0.2) is 6.07 Å². The van der Waals surface area contributed by atoms with Crippen molar-refractivity contribution < 1.29 is 9.84 Å². The van der Waals surface area contributed by atoms with E-state index in [2.05, 4.69) is 14.9 Å². The van der Waals surface area contributed by atoms with E-state index in [-0.39, 0.29) is 6.61 Å². The fraction of sp³-hybridized carbons (Fsp3) is 0.692. The molecule has 1 saturated heterocycles. The van der Waals surface area contributed by atoms with Gasteiger partial charge in [0.1, 0.15) is 18.2 Å². The van der Waals surface area contributed by atoms with Crippen LogP contribution in [-0.4, -0.2) is 41.4 Å². The van der Waals surface area contributed by atoms with Gasteiger partial charge in [0.25, 0.3) is 0 Å². The van der Waals surface area contributed by atoms with Gasteiger partial charge in [-0.05, 0) is 25.7 Å². The largest absolute Gasteiger partial charge is 0.396 e. The van der Waals surface area contributed by atoms with Crippen molar-refractivity contribution in [2.75, 3.05) is 30.9 Å². The second kappa shape index (κ2) is 6.68. The number of aromatic nitrogens is 2. The van der Waals surface area contributed by atoms with Gasteiger partial charge in [0.15, 0.2) is 5.82 Å². The van der Waals surface area contributed by atoms with Gasteiger partial charge in [0, 0.05) is 32.4 Å². The average Bonchev–Trinajstić information content (AvgIpc) is 2.39. The van der Waals surface area contributed by atoms with Crippen molar-refractivity contribution in [3.8, 4) is 0 Å². The highest BCUT2D eigenvalue weighted by atomic mass is 16.5. The Bertz CT molecular complexity index is 412. The highest BCUT2D eigenvalue weighted by Crippen LogP contribution is 2.26. The smallest absolute Gasteiger partial charge is 0.158 e. The Morgan fingerprint density at radius 1 is 1.47 bits per heavy atom. The van der Waals surface area contributed by atoms with Crippen LogP contribution < -0.4 is 10.6 Å². The van der Waals surface area contributed by atoms with E-state index in [4.69, 9.17) is 10.5 Å². The van der Waals surface area contributed by atoms with Gasteiger partial charge < -0.3 is 20.5 Å². The molecule has 6 heteroatoms. The molecule has 0 radical (unpaired) electrons. The zero-order valence-electron chi connectivity index (χ0n) is 11.4. The summed E-state index contributed by atoms with van der Waals surface area (Å²) in [4.78, 5) is 10.9. The summed E-state index contributed by atoms with van der Waals surface area (Å²) in [5, 5.41) is 9.17. The second-order valence-corrected chi connectivity index (χ2v) is 4.86. The second-order valence-electron chi connectivity index (χ2n) is 4.86. The minimum Gasteiger partial charge on any atom is -0.396 e. The summed E-state index contributed by atoms with van der Waals surface area (Å²) in [6, 6.07) is 2.14. The first-order chi connectivity index (χ1) is 9.24. The fourth-order valence-electron chi connectivity index (χ4n) is 2.60. The molecule has 2 rings (SSSR count). The maximum Gasteiger partial charge on any atom is 0.158 e. The summed E-state index contributed by atoms with van der Waals surface area (Å²) >= 11 is 0. The molecule has 0 bridgehead atoms. The van der Waals surface area contributed by atoms with Crippen LogP contribution in [0.25, 0.3) is 0 Å². The molecule has 1 aromatic heterocycles. The number of hydrogen-bond donors (Lipinski definition) is 2. The number of methoxy groups -OCH3 is 1. The average molecular weight is 266 g/mol. The summed E-state index contributed by atoms with van der Waals surface area (Å²) in [7, 11) is 1.61. The van der Waals surface area contributed by atoms with Crippen molar-refractivity contribution in [3.05, 3.63) is 11.9 Å². The summed E-state index contributed by atoms with van der Waals surface area (Å²) in [5.74, 6) is 1.91. The molecule has 19 heavy (non-hydrogen) atoms. The topological polar surface area (TPSA) is 84.5 Å². The van der Waals surface area contributed by atoms with Crippen LogP contribution in [0.4, 0.5) is 11.6 Å². The molecule has 0 spiro atoms. The predicted molar refractivity (Wildman–Crippen MR) is 73.8 cm³/mol. The van der Waals surface area contributed by atoms with E-state index in [0.29, 0.717) is 24.3 Å². The van der Waals surface area contributed by atoms with E-state index >= 15 is 0 Å². The first-order valence-corrected chi connectivity index (χ1v) is 6.74. The lowest BCUT2D eigenvalue weighted by atomic mass is 9.99. The van der Waals surface area contributed by atoms with Crippen molar-refractivity contribution >= 4 is 11.6 Å². The van der Waals surface area contributed by atoms with Gasteiger partial charge in [-0.3, -0.25) is 0 Å². The highest BCUT2D eigenvalue weighted by Gasteiger charge is 2.23. The lowest BCUT2D eigenvalue weighted by Gasteiger charge is -2.36. The zero-order chi connectivity index (χ0) is 13.7. The number of nitrogen functional groups attached to an aromatic ring is 1. The molecule has 6 nitrogen and oxygen atoms in total. The number of aliphatic hydroxyl groups excluding tert-OH is 1. The zero-order valence-corrected chi connectivity index (χ0v) is 11.4. The number of piperidine rings is 1. The lowest BCUT2D eigenvalue weighted by molar-refractivity contribution is 0.178. The van der Waals surface area contributed by atoms with Crippen molar-refractivity contribution in [1.82, 2.24) is 9.97 Å². The van der Waals surface area contributed by atoms with E-state index < -0.39 is 0 Å². The minimum atomic E-state index is 0.201. The van der Waals surface area contributed by atoms with E-state index in [9.17, 15) is 5.11 Å². The molecular weight excluding hydrogens is 244 g/mol. The maximum absolute atomic E-state index is 9.17. The highest BCUT2D eigenvalue weighted by molar-refractivity contribution is 5.48. The van der Waals surface area contributed by atoms with Crippen molar-refractivity contribution in [3.63, 3.8) is 0 Å². The SMILES string of the molecule is COCc1nc(N)cc(N2CCCCC2CCO)n1. The summed E-state index contributed by atoms with van der Waals surface area (Å²) in [6.07, 6.45) is 4.20. The molecule has 1 aromatic rings. The van der Waals surface area contributed by atoms with Gasteiger partial charge in [0.2, 0.25) is 0 Å². The third kappa shape index (κ3) is 3.54. The van der Waals surface area contributed by atoms with Crippen molar-refractivity contribution in [2.24, 2.45) is 0 Å². The van der Waals surface area contributed by atoms with Crippen LogP contribution in [0.3, 0.4) is 0 Å². The van der Waals surface area contributed by atoms with Crippen LogP contribution in [0.1, 0.15) is 31.5 Å². The predicted octanol–water partition coefficient (Wildman–Crippen LogP) is 0.947. The quantitative estimate of drug-likeness (QED) is 0.825. The van der Waals surface area contributed by atoms with Crippen LogP contribution in [0.5, 0.6) is 0 Å². The Balaban J connectivity index is 2.22. The molecule has 3 N–H and O–H groups in total. The Hall–Kier alpha value is -1.40. The number of nitrogens with zero attached hydrogens (tertiary/aromatic N) is 3. The minimum absolute atomic E-state index is 0.201. The van der Waals surface area contributed by atoms with Crippen LogP contribution in [0.2, 0.25) is 0 Å². The molecule has 1 unspecified atom stereocenters. The van der Waals surface area contributed by atoms with E-state index in [1.54, 1.807) is 13.2 Å². The molecule has 1 aliphatic rings. The molecule has 1 fully saturated rings. The number of nitrogens with two attached hydrogens (primary N) is 1. The Morgan fingerprint density at radius 3 is 3.05 bits per heavy atom. The van der Waals surface area contributed by atoms with E-state index in [1.807, 2.05) is 0 Å². The molecule has 0 aliphatic carbocycles. The first kappa shape index (κ1) is 14.0. The van der Waals surface area contributed by atoms with Crippen molar-refractivity contribution in [2.45, 2.75) is 38.3 Å². The normalized spacial score (nSPS) is 19.7. The molecule has 0 amide bonds. The van der Waals surface area contributed by atoms with Gasteiger partial charge in [-0.1, -0.05) is 0 Å². The van der Waals surface area contributed by atoms with E-state index in [1.165, 1.54) is 6.42 Å². The maximum atomic E-state index is 9.17. The number of ether oxygens (including phenoxy) is 1. The van der Waals surface area contributed by atoms with Gasteiger partial charge in [-0.25, -0.2) is 9.97 Å². The third-order valence-electron chi connectivity index (χ3n) is 3.44. The van der Waals surface area contributed by atoms with Crippen LogP contribution >= 0.6 is 0 Å². The third-order valence-corrected chi connectivity index (χ3v) is 3.44. The lowest BCUT2D eigenvalue weighted by Crippen LogP contribution is -2.40. The first-order valence-electron chi connectivity index (χ1n) is 6.74.